The Morgan fingerprint density at radius 3 is 2.67 bits per heavy atom. The van der Waals surface area contributed by atoms with Gasteiger partial charge in [-0.3, -0.25) is 14.9 Å². The zero-order valence-electron chi connectivity index (χ0n) is 21.4. The number of hydrogen-bond acceptors (Lipinski definition) is 8. The molecule has 39 heavy (non-hydrogen) atoms. The maximum atomic E-state index is 13.3. The summed E-state index contributed by atoms with van der Waals surface area (Å²) in [5.74, 6) is 0.397. The smallest absolute Gasteiger partial charge is 0.315 e. The number of benzene rings is 3. The van der Waals surface area contributed by atoms with Crippen molar-refractivity contribution in [2.24, 2.45) is 5.10 Å². The average Bonchev–Trinajstić information content (AvgIpc) is 2.92. The summed E-state index contributed by atoms with van der Waals surface area (Å²) in [6.07, 6.45) is 1.35. The Morgan fingerprint density at radius 1 is 1.21 bits per heavy atom. The van der Waals surface area contributed by atoms with Crippen LogP contribution in [0.4, 0.5) is 5.69 Å². The third-order valence-corrected chi connectivity index (χ3v) is 6.23. The lowest BCUT2D eigenvalue weighted by Crippen LogP contribution is -2.23. The van der Waals surface area contributed by atoms with E-state index in [-0.39, 0.29) is 41.9 Å². The number of nitrogens with zero attached hydrogens (tertiary/aromatic N) is 5. The molecular weight excluding hydrogens is 566 g/mol. The molecule has 1 aromatic heterocycles. The summed E-state index contributed by atoms with van der Waals surface area (Å²) in [5, 5.41) is 26.1. The van der Waals surface area contributed by atoms with E-state index in [4.69, 9.17) is 9.47 Å². The number of ether oxygens (including phenoxy) is 2. The predicted octanol–water partition coefficient (Wildman–Crippen LogP) is 5.92. The molecule has 0 aliphatic carbocycles. The van der Waals surface area contributed by atoms with Gasteiger partial charge in [0.05, 0.1) is 40.3 Å². The van der Waals surface area contributed by atoms with Crippen LogP contribution in [-0.2, 0) is 6.61 Å². The van der Waals surface area contributed by atoms with E-state index in [1.165, 1.54) is 17.0 Å². The number of hydrogen-bond donors (Lipinski definition) is 0. The number of nitro benzene ring substituents is 1. The number of fused-ring (bicyclic) bond motifs is 1. The maximum Gasteiger partial charge on any atom is 0.315 e. The van der Waals surface area contributed by atoms with Gasteiger partial charge in [-0.1, -0.05) is 48.0 Å². The molecule has 0 aliphatic heterocycles. The van der Waals surface area contributed by atoms with Crippen LogP contribution >= 0.6 is 15.9 Å². The van der Waals surface area contributed by atoms with Gasteiger partial charge in [-0.2, -0.15) is 15.0 Å². The van der Waals surface area contributed by atoms with Crippen molar-refractivity contribution in [3.05, 3.63) is 102 Å². The van der Waals surface area contributed by atoms with Gasteiger partial charge in [-0.15, -0.1) is 0 Å². The number of nitriles is 1. The summed E-state index contributed by atoms with van der Waals surface area (Å²) in [7, 11) is 0. The minimum atomic E-state index is -0.577. The molecule has 198 valence electrons. The zero-order chi connectivity index (χ0) is 28.1. The van der Waals surface area contributed by atoms with Crippen LogP contribution in [0.25, 0.3) is 10.9 Å². The molecule has 0 spiro atoms. The van der Waals surface area contributed by atoms with Crippen molar-refractivity contribution in [1.82, 2.24) is 9.66 Å². The second-order valence-electron chi connectivity index (χ2n) is 8.76. The highest BCUT2D eigenvalue weighted by atomic mass is 79.9. The largest absolute Gasteiger partial charge is 0.490 e. The molecule has 0 fully saturated rings. The Kier molecular flexibility index (Phi) is 8.36. The van der Waals surface area contributed by atoms with Crippen molar-refractivity contribution < 1.29 is 14.4 Å². The van der Waals surface area contributed by atoms with Gasteiger partial charge < -0.3 is 9.47 Å². The molecule has 0 radical (unpaired) electrons. The molecule has 0 N–H and O–H groups in total. The second-order valence-corrected chi connectivity index (χ2v) is 9.68. The van der Waals surface area contributed by atoms with Gasteiger partial charge in [0.25, 0.3) is 5.56 Å². The van der Waals surface area contributed by atoms with Crippen LogP contribution in [0.1, 0.15) is 49.2 Å². The van der Waals surface area contributed by atoms with E-state index in [2.05, 4.69) is 32.1 Å². The first-order valence-electron chi connectivity index (χ1n) is 12.1. The molecular formula is C28H24BrN5O5. The number of halogens is 1. The molecule has 3 aromatic carbocycles. The first-order valence-corrected chi connectivity index (χ1v) is 12.8. The summed E-state index contributed by atoms with van der Waals surface area (Å²) in [5.41, 5.74) is 1.16. The van der Waals surface area contributed by atoms with Gasteiger partial charge in [-0.25, -0.2) is 4.98 Å². The molecule has 0 saturated carbocycles. The molecule has 10 nitrogen and oxygen atoms in total. The van der Waals surface area contributed by atoms with Crippen LogP contribution in [0.2, 0.25) is 0 Å². The fraction of sp³-hybridized carbons (Fsp3) is 0.214. The lowest BCUT2D eigenvalue weighted by Gasteiger charge is -2.14. The number of aromatic nitrogens is 2. The van der Waals surface area contributed by atoms with Gasteiger partial charge in [0.2, 0.25) is 5.75 Å². The first kappa shape index (κ1) is 27.5. The number of rotatable bonds is 9. The molecule has 11 heteroatoms. The van der Waals surface area contributed by atoms with Crippen molar-refractivity contribution >= 4 is 38.7 Å². The molecule has 0 saturated heterocycles. The van der Waals surface area contributed by atoms with E-state index in [0.29, 0.717) is 33.4 Å². The van der Waals surface area contributed by atoms with Crippen molar-refractivity contribution in [2.75, 3.05) is 6.61 Å². The average molecular weight is 590 g/mol. The second kappa shape index (κ2) is 11.9. The fourth-order valence-electron chi connectivity index (χ4n) is 3.91. The Morgan fingerprint density at radius 2 is 1.97 bits per heavy atom. The molecule has 0 bridgehead atoms. The molecule has 0 aliphatic rings. The monoisotopic (exact) mass is 589 g/mol. The molecule has 4 rings (SSSR count). The van der Waals surface area contributed by atoms with Crippen molar-refractivity contribution in [2.45, 2.75) is 33.3 Å². The normalized spacial score (nSPS) is 11.2. The lowest BCUT2D eigenvalue weighted by atomic mass is 10.1. The van der Waals surface area contributed by atoms with Gasteiger partial charge in [0.15, 0.2) is 5.75 Å². The molecule has 0 unspecified atom stereocenters. The van der Waals surface area contributed by atoms with E-state index >= 15 is 0 Å². The van der Waals surface area contributed by atoms with Crippen molar-refractivity contribution in [1.29, 1.82) is 5.26 Å². The van der Waals surface area contributed by atoms with Gasteiger partial charge in [0, 0.05) is 27.6 Å². The van der Waals surface area contributed by atoms with Gasteiger partial charge in [0.1, 0.15) is 12.4 Å². The first-order chi connectivity index (χ1) is 18.7. The minimum absolute atomic E-state index is 0.0657. The van der Waals surface area contributed by atoms with E-state index < -0.39 is 4.92 Å². The Balaban J connectivity index is 1.78. The molecule has 4 aromatic rings. The quantitative estimate of drug-likeness (QED) is 0.134. The Bertz CT molecular complexity index is 1690. The fourth-order valence-corrected chi connectivity index (χ4v) is 4.27. The SMILES string of the molecule is CCOc1cc(C=Nn2c(C(C)C)nc3ccc(Br)cc3c2=O)cc([N+](=O)[O-])c1OCc1ccccc1C#N. The topological polar surface area (TPSA) is 133 Å². The van der Waals surface area contributed by atoms with Crippen LogP contribution in [0.5, 0.6) is 11.5 Å². The lowest BCUT2D eigenvalue weighted by molar-refractivity contribution is -0.386. The third-order valence-electron chi connectivity index (χ3n) is 5.74. The highest BCUT2D eigenvalue weighted by Gasteiger charge is 2.23. The van der Waals surface area contributed by atoms with Crippen LogP contribution < -0.4 is 15.0 Å². The number of nitro groups is 1. The summed E-state index contributed by atoms with van der Waals surface area (Å²) in [6.45, 7) is 5.70. The summed E-state index contributed by atoms with van der Waals surface area (Å²) in [6, 6.07) is 17.0. The highest BCUT2D eigenvalue weighted by Crippen LogP contribution is 2.39. The maximum absolute atomic E-state index is 13.3. The minimum Gasteiger partial charge on any atom is -0.490 e. The molecule has 0 amide bonds. The Labute approximate surface area is 232 Å². The molecule has 0 atom stereocenters. The predicted molar refractivity (Wildman–Crippen MR) is 151 cm³/mol. The van der Waals surface area contributed by atoms with Crippen LogP contribution in [-0.4, -0.2) is 27.4 Å². The summed E-state index contributed by atoms with van der Waals surface area (Å²) >= 11 is 3.38. The standard InChI is InChI=1S/C28H24BrN5O5/c1-4-38-25-12-18(11-24(34(36)37)26(25)39-16-20-8-6-5-7-19(20)14-30)15-31-33-27(17(2)3)32-23-10-9-21(29)13-22(23)28(33)35/h5-13,15,17H,4,16H2,1-3H3. The summed E-state index contributed by atoms with van der Waals surface area (Å²) < 4.78 is 13.4. The van der Waals surface area contributed by atoms with Gasteiger partial charge >= 0.3 is 5.69 Å². The van der Waals surface area contributed by atoms with Crippen LogP contribution in [0.15, 0.2) is 69.0 Å². The van der Waals surface area contributed by atoms with E-state index in [9.17, 15) is 20.2 Å². The van der Waals surface area contributed by atoms with Crippen molar-refractivity contribution in [3.63, 3.8) is 0 Å². The zero-order valence-corrected chi connectivity index (χ0v) is 23.0. The third kappa shape index (κ3) is 5.97. The van der Waals surface area contributed by atoms with Crippen LogP contribution in [0.3, 0.4) is 0 Å². The van der Waals surface area contributed by atoms with Crippen molar-refractivity contribution in [3.8, 4) is 17.6 Å². The summed E-state index contributed by atoms with van der Waals surface area (Å²) in [4.78, 5) is 29.4. The van der Waals surface area contributed by atoms with E-state index in [1.807, 2.05) is 19.9 Å². The Hall–Kier alpha value is -4.56. The van der Waals surface area contributed by atoms with E-state index in [0.717, 1.165) is 4.47 Å². The molecule has 1 heterocycles. The highest BCUT2D eigenvalue weighted by molar-refractivity contribution is 9.10. The van der Waals surface area contributed by atoms with Gasteiger partial charge in [-0.05, 0) is 37.3 Å². The van der Waals surface area contributed by atoms with E-state index in [1.54, 1.807) is 49.4 Å². The van der Waals surface area contributed by atoms with Crippen LogP contribution in [0, 0.1) is 21.4 Å².